The average molecular weight is 231 g/mol. The van der Waals surface area contributed by atoms with Gasteiger partial charge >= 0.3 is 0 Å². The summed E-state index contributed by atoms with van der Waals surface area (Å²) in [5.74, 6) is -0.0441. The van der Waals surface area contributed by atoms with Gasteiger partial charge in [-0.2, -0.15) is 0 Å². The van der Waals surface area contributed by atoms with Crippen molar-refractivity contribution in [2.24, 2.45) is 0 Å². The number of hydrogen-bond donors (Lipinski definition) is 0. The van der Waals surface area contributed by atoms with Crippen LogP contribution in [0.3, 0.4) is 0 Å². The summed E-state index contributed by atoms with van der Waals surface area (Å²) < 4.78 is 0. The van der Waals surface area contributed by atoms with Gasteiger partial charge in [-0.05, 0) is 19.1 Å². The molecule has 2 rings (SSSR count). The molecule has 17 heavy (non-hydrogen) atoms. The molecule has 0 radical (unpaired) electrons. The molecule has 1 atom stereocenters. The number of para-hydroxylation sites is 1. The molecule has 1 unspecified atom stereocenters. The van der Waals surface area contributed by atoms with Gasteiger partial charge in [0.2, 0.25) is 0 Å². The molecule has 0 saturated carbocycles. The molecule has 1 aliphatic rings. The van der Waals surface area contributed by atoms with Crippen LogP contribution in [0, 0.1) is 0 Å². The molecular formula is C13H17N3O. The molecule has 1 saturated heterocycles. The van der Waals surface area contributed by atoms with Crippen LogP contribution in [0.4, 0.5) is 5.69 Å². The maximum Gasteiger partial charge on any atom is 0.271 e. The summed E-state index contributed by atoms with van der Waals surface area (Å²) in [5, 5.41) is 5.46. The molecule has 1 amide bonds. The quantitative estimate of drug-likeness (QED) is 0.724. The summed E-state index contributed by atoms with van der Waals surface area (Å²) >= 11 is 0. The molecule has 0 aromatic heterocycles. The predicted octanol–water partition coefficient (Wildman–Crippen LogP) is 1.67. The molecule has 1 aliphatic heterocycles. The van der Waals surface area contributed by atoms with Crippen LogP contribution in [0.25, 0.3) is 0 Å². The summed E-state index contributed by atoms with van der Waals surface area (Å²) in [7, 11) is 3.83. The van der Waals surface area contributed by atoms with E-state index in [9.17, 15) is 4.79 Å². The maximum atomic E-state index is 12.2. The van der Waals surface area contributed by atoms with E-state index in [2.05, 4.69) is 6.58 Å². The van der Waals surface area contributed by atoms with Gasteiger partial charge in [-0.25, -0.2) is 10.0 Å². The maximum absolute atomic E-state index is 12.2. The van der Waals surface area contributed by atoms with Crippen molar-refractivity contribution in [2.45, 2.75) is 13.0 Å². The minimum atomic E-state index is -0.0441. The molecule has 1 heterocycles. The standard InChI is InChI=1S/C13H17N3O/c1-10-11(2)16(14(3)4)15(13(10)17)12-8-6-5-7-9-12/h5-9,11H,1H2,2-4H3. The predicted molar refractivity (Wildman–Crippen MR) is 68.1 cm³/mol. The highest BCUT2D eigenvalue weighted by Crippen LogP contribution is 2.29. The van der Waals surface area contributed by atoms with Gasteiger partial charge in [0.05, 0.1) is 11.7 Å². The number of amides is 1. The summed E-state index contributed by atoms with van der Waals surface area (Å²) in [6.07, 6.45) is 0. The first-order valence-electron chi connectivity index (χ1n) is 5.58. The number of rotatable bonds is 2. The highest BCUT2D eigenvalue weighted by molar-refractivity contribution is 6.07. The van der Waals surface area contributed by atoms with Crippen molar-refractivity contribution >= 4 is 11.6 Å². The Balaban J connectivity index is 2.44. The first-order valence-corrected chi connectivity index (χ1v) is 5.58. The molecule has 1 aromatic rings. The number of anilines is 1. The smallest absolute Gasteiger partial charge is 0.267 e. The number of carbonyl (C=O) groups is 1. The Labute approximate surface area is 102 Å². The highest BCUT2D eigenvalue weighted by atomic mass is 16.2. The molecule has 0 bridgehead atoms. The van der Waals surface area contributed by atoms with Gasteiger partial charge in [0.15, 0.2) is 0 Å². The zero-order chi connectivity index (χ0) is 12.6. The molecule has 1 fully saturated rings. The Morgan fingerprint density at radius 2 is 1.82 bits per heavy atom. The fourth-order valence-corrected chi connectivity index (χ4v) is 2.05. The molecule has 0 N–H and O–H groups in total. The second-order valence-electron chi connectivity index (χ2n) is 4.32. The van der Waals surface area contributed by atoms with Crippen LogP contribution in [-0.2, 0) is 4.79 Å². The Hall–Kier alpha value is -1.65. The Kier molecular flexibility index (Phi) is 3.00. The minimum Gasteiger partial charge on any atom is -0.267 e. The highest BCUT2D eigenvalue weighted by Gasteiger charge is 2.40. The van der Waals surface area contributed by atoms with Crippen LogP contribution in [0.5, 0.6) is 0 Å². The lowest BCUT2D eigenvalue weighted by Gasteiger charge is -2.34. The van der Waals surface area contributed by atoms with Crippen LogP contribution in [-0.4, -0.2) is 36.2 Å². The van der Waals surface area contributed by atoms with Gasteiger partial charge in [0.1, 0.15) is 0 Å². The van der Waals surface area contributed by atoms with Gasteiger partial charge in [0, 0.05) is 19.7 Å². The SMILES string of the molecule is C=C1C(=O)N(c2ccccc2)N(N(C)C)C1C. The van der Waals surface area contributed by atoms with Crippen LogP contribution >= 0.6 is 0 Å². The Morgan fingerprint density at radius 1 is 1.24 bits per heavy atom. The van der Waals surface area contributed by atoms with Gasteiger partial charge in [-0.15, -0.1) is 5.12 Å². The molecular weight excluding hydrogens is 214 g/mol. The number of hydrogen-bond acceptors (Lipinski definition) is 3. The van der Waals surface area contributed by atoms with E-state index in [1.807, 2.05) is 61.5 Å². The summed E-state index contributed by atoms with van der Waals surface area (Å²) in [6, 6.07) is 9.59. The first kappa shape index (κ1) is 11.8. The summed E-state index contributed by atoms with van der Waals surface area (Å²) in [5.41, 5.74) is 1.47. The van der Waals surface area contributed by atoms with E-state index in [1.54, 1.807) is 5.01 Å². The molecule has 1 aromatic carbocycles. The fraction of sp³-hybridized carbons (Fsp3) is 0.308. The van der Waals surface area contributed by atoms with Crippen molar-refractivity contribution in [3.05, 3.63) is 42.5 Å². The van der Waals surface area contributed by atoms with Gasteiger partial charge in [-0.3, -0.25) is 4.79 Å². The third-order valence-corrected chi connectivity index (χ3v) is 2.93. The Bertz CT molecular complexity index is 441. The number of hydrazine groups is 2. The van der Waals surface area contributed by atoms with Gasteiger partial charge in [-0.1, -0.05) is 24.8 Å². The third kappa shape index (κ3) is 1.85. The van der Waals surface area contributed by atoms with Crippen molar-refractivity contribution in [1.82, 2.24) is 10.1 Å². The topological polar surface area (TPSA) is 26.8 Å². The van der Waals surface area contributed by atoms with E-state index in [0.29, 0.717) is 5.57 Å². The van der Waals surface area contributed by atoms with Crippen LogP contribution < -0.4 is 5.01 Å². The Morgan fingerprint density at radius 3 is 2.35 bits per heavy atom. The molecule has 90 valence electrons. The normalized spacial score (nSPS) is 21.6. The van der Waals surface area contributed by atoms with E-state index in [4.69, 9.17) is 0 Å². The summed E-state index contributed by atoms with van der Waals surface area (Å²) in [4.78, 5) is 12.2. The van der Waals surface area contributed by atoms with Crippen LogP contribution in [0.2, 0.25) is 0 Å². The summed E-state index contributed by atoms with van der Waals surface area (Å²) in [6.45, 7) is 5.84. The zero-order valence-electron chi connectivity index (χ0n) is 10.4. The number of benzene rings is 1. The van der Waals surface area contributed by atoms with E-state index >= 15 is 0 Å². The second kappa shape index (κ2) is 4.31. The zero-order valence-corrected chi connectivity index (χ0v) is 10.4. The number of nitrogens with zero attached hydrogens (tertiary/aromatic N) is 3. The van der Waals surface area contributed by atoms with Crippen molar-refractivity contribution in [2.75, 3.05) is 19.1 Å². The number of carbonyl (C=O) groups excluding carboxylic acids is 1. The lowest BCUT2D eigenvalue weighted by molar-refractivity contribution is -0.118. The third-order valence-electron chi connectivity index (χ3n) is 2.93. The second-order valence-corrected chi connectivity index (χ2v) is 4.32. The largest absolute Gasteiger partial charge is 0.271 e. The average Bonchev–Trinajstić information content (AvgIpc) is 2.55. The van der Waals surface area contributed by atoms with Crippen molar-refractivity contribution in [3.8, 4) is 0 Å². The van der Waals surface area contributed by atoms with E-state index in [1.165, 1.54) is 0 Å². The molecule has 0 aliphatic carbocycles. The van der Waals surface area contributed by atoms with Crippen LogP contribution in [0.1, 0.15) is 6.92 Å². The van der Waals surface area contributed by atoms with Crippen molar-refractivity contribution in [3.63, 3.8) is 0 Å². The van der Waals surface area contributed by atoms with Gasteiger partial charge in [0.25, 0.3) is 5.91 Å². The van der Waals surface area contributed by atoms with Gasteiger partial charge < -0.3 is 0 Å². The lowest BCUT2D eigenvalue weighted by Crippen LogP contribution is -2.49. The lowest BCUT2D eigenvalue weighted by atomic mass is 10.2. The van der Waals surface area contributed by atoms with E-state index in [-0.39, 0.29) is 11.9 Å². The fourth-order valence-electron chi connectivity index (χ4n) is 2.05. The molecule has 4 heteroatoms. The minimum absolute atomic E-state index is 0.0160. The van der Waals surface area contributed by atoms with E-state index in [0.717, 1.165) is 5.69 Å². The van der Waals surface area contributed by atoms with Crippen LogP contribution in [0.15, 0.2) is 42.5 Å². The van der Waals surface area contributed by atoms with Crippen molar-refractivity contribution in [1.29, 1.82) is 0 Å². The molecule has 0 spiro atoms. The van der Waals surface area contributed by atoms with E-state index < -0.39 is 0 Å². The monoisotopic (exact) mass is 231 g/mol. The van der Waals surface area contributed by atoms with Crippen molar-refractivity contribution < 1.29 is 4.79 Å². The first-order chi connectivity index (χ1) is 8.04. The molecule has 4 nitrogen and oxygen atoms in total.